The van der Waals surface area contributed by atoms with E-state index in [9.17, 15) is 4.79 Å². The van der Waals surface area contributed by atoms with Crippen LogP contribution < -0.4 is 26.0 Å². The lowest BCUT2D eigenvalue weighted by Gasteiger charge is -2.14. The maximum absolute atomic E-state index is 11.9. The highest BCUT2D eigenvalue weighted by molar-refractivity contribution is 5.62. The van der Waals surface area contributed by atoms with E-state index in [0.29, 0.717) is 22.9 Å². The molecule has 8 heteroatoms. The largest absolute Gasteiger partial charge is 0.493 e. The Balaban J connectivity index is 2.63. The van der Waals surface area contributed by atoms with Crippen LogP contribution in [0, 0.1) is 0 Å². The van der Waals surface area contributed by atoms with E-state index in [1.165, 1.54) is 9.58 Å². The highest BCUT2D eigenvalue weighted by atomic mass is 16.5. The molecular formula is C13H17N5O3. The van der Waals surface area contributed by atoms with Gasteiger partial charge in [-0.15, -0.1) is 0 Å². The number of nitrogens with zero attached hydrogens (tertiary/aromatic N) is 4. The molecule has 0 bridgehead atoms. The molecule has 0 fully saturated rings. The summed E-state index contributed by atoms with van der Waals surface area (Å²) in [7, 11) is 6.25. The summed E-state index contributed by atoms with van der Waals surface area (Å²) in [6.07, 6.45) is 0. The molecule has 1 heterocycles. The van der Waals surface area contributed by atoms with Crippen LogP contribution in [0.5, 0.6) is 11.5 Å². The fourth-order valence-electron chi connectivity index (χ4n) is 1.84. The van der Waals surface area contributed by atoms with Gasteiger partial charge in [-0.25, -0.2) is 10.6 Å². The molecule has 2 aromatic rings. The predicted molar refractivity (Wildman–Crippen MR) is 78.4 cm³/mol. The number of hydrazine groups is 1. The Kier molecular flexibility index (Phi) is 4.08. The van der Waals surface area contributed by atoms with Gasteiger partial charge in [0.2, 0.25) is 5.95 Å². The van der Waals surface area contributed by atoms with E-state index in [1.54, 1.807) is 46.5 Å². The van der Waals surface area contributed by atoms with E-state index < -0.39 is 5.69 Å². The maximum atomic E-state index is 11.9. The third-order valence-corrected chi connectivity index (χ3v) is 2.96. The van der Waals surface area contributed by atoms with E-state index in [-0.39, 0.29) is 5.95 Å². The number of benzene rings is 1. The summed E-state index contributed by atoms with van der Waals surface area (Å²) in [4.78, 5) is 20.0. The molecule has 0 unspecified atom stereocenters. The standard InChI is InChI=1S/C13H17N5O3/c1-17-11(15-12(18(2)14)16-13(17)19)8-5-6-9(20-3)10(7-8)21-4/h5-7H,14H2,1-4H3. The van der Waals surface area contributed by atoms with Gasteiger partial charge in [-0.3, -0.25) is 9.58 Å². The van der Waals surface area contributed by atoms with Crippen molar-refractivity contribution in [3.8, 4) is 22.9 Å². The quantitative estimate of drug-likeness (QED) is 0.633. The van der Waals surface area contributed by atoms with Gasteiger partial charge in [0.1, 0.15) is 5.82 Å². The predicted octanol–water partition coefficient (Wildman–Crippen LogP) is 0.169. The first-order valence-electron chi connectivity index (χ1n) is 6.13. The van der Waals surface area contributed by atoms with Crippen LogP contribution in [0.15, 0.2) is 23.0 Å². The van der Waals surface area contributed by atoms with Crippen LogP contribution in [-0.2, 0) is 7.05 Å². The summed E-state index contributed by atoms with van der Waals surface area (Å²) < 4.78 is 11.8. The molecule has 0 atom stereocenters. The highest BCUT2D eigenvalue weighted by Gasteiger charge is 2.13. The molecule has 0 saturated carbocycles. The van der Waals surface area contributed by atoms with Crippen LogP contribution in [0.25, 0.3) is 11.4 Å². The molecule has 8 nitrogen and oxygen atoms in total. The molecule has 0 radical (unpaired) electrons. The Morgan fingerprint density at radius 2 is 1.86 bits per heavy atom. The second-order valence-electron chi connectivity index (χ2n) is 4.37. The summed E-state index contributed by atoms with van der Waals surface area (Å²) >= 11 is 0. The Hall–Kier alpha value is -2.61. The molecule has 21 heavy (non-hydrogen) atoms. The van der Waals surface area contributed by atoms with Crippen LogP contribution >= 0.6 is 0 Å². The summed E-state index contributed by atoms with van der Waals surface area (Å²) in [5.74, 6) is 7.31. The van der Waals surface area contributed by atoms with E-state index >= 15 is 0 Å². The number of aromatic nitrogens is 3. The Labute approximate surface area is 121 Å². The molecular weight excluding hydrogens is 274 g/mol. The monoisotopic (exact) mass is 291 g/mol. The van der Waals surface area contributed by atoms with Crippen molar-refractivity contribution in [2.24, 2.45) is 12.9 Å². The average Bonchev–Trinajstić information content (AvgIpc) is 2.48. The summed E-state index contributed by atoms with van der Waals surface area (Å²) in [5, 5.41) is 1.19. The van der Waals surface area contributed by atoms with E-state index in [0.717, 1.165) is 0 Å². The summed E-state index contributed by atoms with van der Waals surface area (Å²) in [6.45, 7) is 0. The van der Waals surface area contributed by atoms with Crippen LogP contribution in [0.2, 0.25) is 0 Å². The van der Waals surface area contributed by atoms with Crippen molar-refractivity contribution in [1.29, 1.82) is 0 Å². The number of nitrogens with two attached hydrogens (primary N) is 1. The van der Waals surface area contributed by atoms with Crippen molar-refractivity contribution in [3.63, 3.8) is 0 Å². The summed E-state index contributed by atoms with van der Waals surface area (Å²) in [6, 6.07) is 5.26. The van der Waals surface area contributed by atoms with Crippen molar-refractivity contribution >= 4 is 5.95 Å². The van der Waals surface area contributed by atoms with Gasteiger partial charge in [0.05, 0.1) is 14.2 Å². The molecule has 1 aromatic carbocycles. The van der Waals surface area contributed by atoms with Crippen LogP contribution in [-0.4, -0.2) is 35.8 Å². The Morgan fingerprint density at radius 1 is 1.19 bits per heavy atom. The highest BCUT2D eigenvalue weighted by Crippen LogP contribution is 2.31. The van der Waals surface area contributed by atoms with Gasteiger partial charge in [0.25, 0.3) is 0 Å². The van der Waals surface area contributed by atoms with Crippen molar-refractivity contribution in [2.45, 2.75) is 0 Å². The lowest BCUT2D eigenvalue weighted by atomic mass is 10.2. The van der Waals surface area contributed by atoms with Gasteiger partial charge < -0.3 is 9.47 Å². The second kappa shape index (κ2) is 5.80. The molecule has 0 saturated heterocycles. The van der Waals surface area contributed by atoms with E-state index in [4.69, 9.17) is 15.3 Å². The van der Waals surface area contributed by atoms with Crippen molar-refractivity contribution in [3.05, 3.63) is 28.7 Å². The number of methoxy groups -OCH3 is 2. The topological polar surface area (TPSA) is 95.5 Å². The normalized spacial score (nSPS) is 10.3. The lowest BCUT2D eigenvalue weighted by Crippen LogP contribution is -2.32. The minimum atomic E-state index is -0.443. The second-order valence-corrected chi connectivity index (χ2v) is 4.37. The third kappa shape index (κ3) is 2.79. The number of hydrogen-bond donors (Lipinski definition) is 1. The van der Waals surface area contributed by atoms with Gasteiger partial charge >= 0.3 is 5.69 Å². The first-order chi connectivity index (χ1) is 9.97. The first-order valence-corrected chi connectivity index (χ1v) is 6.13. The molecule has 0 aliphatic carbocycles. The summed E-state index contributed by atoms with van der Waals surface area (Å²) in [5.41, 5.74) is 0.250. The average molecular weight is 291 g/mol. The fourth-order valence-corrected chi connectivity index (χ4v) is 1.84. The van der Waals surface area contributed by atoms with Crippen LogP contribution in [0.4, 0.5) is 5.95 Å². The SMILES string of the molecule is COc1ccc(-c2nc(N(C)N)nc(=O)n2C)cc1OC. The molecule has 2 rings (SSSR count). The molecule has 0 aliphatic heterocycles. The molecule has 0 amide bonds. The molecule has 112 valence electrons. The van der Waals surface area contributed by atoms with Crippen molar-refractivity contribution < 1.29 is 9.47 Å². The zero-order valence-corrected chi connectivity index (χ0v) is 12.3. The Bertz CT molecular complexity index is 711. The maximum Gasteiger partial charge on any atom is 0.352 e. The van der Waals surface area contributed by atoms with Crippen molar-refractivity contribution in [1.82, 2.24) is 14.5 Å². The first kappa shape index (κ1) is 14.8. The lowest BCUT2D eigenvalue weighted by molar-refractivity contribution is 0.355. The minimum absolute atomic E-state index is 0.142. The zero-order valence-electron chi connectivity index (χ0n) is 12.3. The van der Waals surface area contributed by atoms with Crippen LogP contribution in [0.1, 0.15) is 0 Å². The van der Waals surface area contributed by atoms with Gasteiger partial charge in [-0.1, -0.05) is 0 Å². The smallest absolute Gasteiger partial charge is 0.352 e. The molecule has 1 aromatic heterocycles. The number of rotatable bonds is 4. The molecule has 2 N–H and O–H groups in total. The molecule has 0 aliphatic rings. The van der Waals surface area contributed by atoms with E-state index in [2.05, 4.69) is 9.97 Å². The minimum Gasteiger partial charge on any atom is -0.493 e. The van der Waals surface area contributed by atoms with Crippen molar-refractivity contribution in [2.75, 3.05) is 26.3 Å². The number of anilines is 1. The molecule has 0 spiro atoms. The van der Waals surface area contributed by atoms with Gasteiger partial charge in [0, 0.05) is 19.7 Å². The fraction of sp³-hybridized carbons (Fsp3) is 0.308. The van der Waals surface area contributed by atoms with Gasteiger partial charge in [0.15, 0.2) is 11.5 Å². The van der Waals surface area contributed by atoms with Crippen LogP contribution in [0.3, 0.4) is 0 Å². The van der Waals surface area contributed by atoms with Gasteiger partial charge in [-0.05, 0) is 18.2 Å². The number of ether oxygens (including phenoxy) is 2. The number of hydrogen-bond acceptors (Lipinski definition) is 7. The van der Waals surface area contributed by atoms with E-state index in [1.807, 2.05) is 0 Å². The van der Waals surface area contributed by atoms with Gasteiger partial charge in [-0.2, -0.15) is 9.97 Å². The Morgan fingerprint density at radius 3 is 2.43 bits per heavy atom. The third-order valence-electron chi connectivity index (χ3n) is 2.96. The zero-order chi connectivity index (χ0) is 15.6.